The highest BCUT2D eigenvalue weighted by Gasteiger charge is 2.24. The molecule has 0 aromatic carbocycles. The molecule has 0 aliphatic heterocycles. The predicted octanol–water partition coefficient (Wildman–Crippen LogP) is 1.01. The van der Waals surface area contributed by atoms with Gasteiger partial charge in [-0.3, -0.25) is 4.79 Å². The van der Waals surface area contributed by atoms with Gasteiger partial charge in [0.2, 0.25) is 0 Å². The molecular formula is C16H35N3O3. The summed E-state index contributed by atoms with van der Waals surface area (Å²) in [5.74, 6) is -0.354. The van der Waals surface area contributed by atoms with Crippen molar-refractivity contribution in [2.45, 2.75) is 53.0 Å². The first-order chi connectivity index (χ1) is 10.1. The fourth-order valence-electron chi connectivity index (χ4n) is 1.70. The quantitative estimate of drug-likeness (QED) is 0.366. The molecule has 0 saturated heterocycles. The summed E-state index contributed by atoms with van der Waals surface area (Å²) in [7, 11) is 0. The molecule has 1 unspecified atom stereocenters. The number of carbonyl (C=O) groups excluding carboxylic acids is 1. The predicted molar refractivity (Wildman–Crippen MR) is 89.3 cm³/mol. The van der Waals surface area contributed by atoms with Gasteiger partial charge in [-0.25, -0.2) is 0 Å². The zero-order chi connectivity index (χ0) is 17.2. The van der Waals surface area contributed by atoms with Crippen molar-refractivity contribution in [2.75, 3.05) is 32.9 Å². The zero-order valence-corrected chi connectivity index (χ0v) is 14.7. The van der Waals surface area contributed by atoms with Gasteiger partial charge >= 0.3 is 5.97 Å². The summed E-state index contributed by atoms with van der Waals surface area (Å²) in [5, 5.41) is 0. The van der Waals surface area contributed by atoms with Crippen LogP contribution >= 0.6 is 0 Å². The number of nitrogens with two attached hydrogens (primary N) is 3. The highest BCUT2D eigenvalue weighted by Crippen LogP contribution is 2.19. The Labute approximate surface area is 135 Å². The molecule has 22 heavy (non-hydrogen) atoms. The molecule has 0 rings (SSSR count). The Morgan fingerprint density at radius 1 is 1.00 bits per heavy atom. The van der Waals surface area contributed by atoms with Crippen molar-refractivity contribution >= 4 is 5.97 Å². The van der Waals surface area contributed by atoms with Crippen molar-refractivity contribution in [1.82, 2.24) is 0 Å². The van der Waals surface area contributed by atoms with Crippen molar-refractivity contribution in [2.24, 2.45) is 28.0 Å². The Balaban J connectivity index is 4.02. The van der Waals surface area contributed by atoms with Gasteiger partial charge in [0.25, 0.3) is 0 Å². The van der Waals surface area contributed by atoms with Gasteiger partial charge in [-0.05, 0) is 25.9 Å². The van der Waals surface area contributed by atoms with E-state index in [0.29, 0.717) is 39.3 Å². The average molecular weight is 317 g/mol. The van der Waals surface area contributed by atoms with Crippen LogP contribution in [0.3, 0.4) is 0 Å². The summed E-state index contributed by atoms with van der Waals surface area (Å²) in [6.45, 7) is 10.7. The van der Waals surface area contributed by atoms with Crippen LogP contribution in [0.2, 0.25) is 0 Å². The molecule has 0 aromatic rings. The van der Waals surface area contributed by atoms with E-state index >= 15 is 0 Å². The SMILES string of the molecule is CC(C)(CN)COCC(C)(C)COC(=O)C(N)CCCCN. The minimum Gasteiger partial charge on any atom is -0.464 e. The summed E-state index contributed by atoms with van der Waals surface area (Å²) in [4.78, 5) is 11.8. The van der Waals surface area contributed by atoms with Crippen LogP contribution in [0.4, 0.5) is 0 Å². The second kappa shape index (κ2) is 10.2. The number of hydrogen-bond donors (Lipinski definition) is 3. The molecule has 6 nitrogen and oxygen atoms in total. The van der Waals surface area contributed by atoms with Crippen LogP contribution in [0, 0.1) is 10.8 Å². The lowest BCUT2D eigenvalue weighted by Gasteiger charge is -2.28. The molecule has 6 heteroatoms. The summed E-state index contributed by atoms with van der Waals surface area (Å²) in [5.41, 5.74) is 16.6. The smallest absolute Gasteiger partial charge is 0.322 e. The molecule has 0 aromatic heterocycles. The van der Waals surface area contributed by atoms with Crippen LogP contribution < -0.4 is 17.2 Å². The van der Waals surface area contributed by atoms with Crippen LogP contribution in [0.15, 0.2) is 0 Å². The van der Waals surface area contributed by atoms with Crippen LogP contribution in [0.5, 0.6) is 0 Å². The standard InChI is InChI=1S/C16H35N3O3/c1-15(2,9-18)10-21-11-16(3,4)12-22-14(20)13(19)7-5-6-8-17/h13H,5-12,17-19H2,1-4H3. The molecule has 0 amide bonds. The first-order valence-corrected chi connectivity index (χ1v) is 8.04. The Kier molecular flexibility index (Phi) is 9.84. The van der Waals surface area contributed by atoms with E-state index in [1.807, 2.05) is 13.8 Å². The van der Waals surface area contributed by atoms with E-state index in [2.05, 4.69) is 13.8 Å². The Bertz CT molecular complexity index is 320. The summed E-state index contributed by atoms with van der Waals surface area (Å²) < 4.78 is 11.0. The third-order valence-corrected chi connectivity index (χ3v) is 3.42. The van der Waals surface area contributed by atoms with Crippen LogP contribution in [0.1, 0.15) is 47.0 Å². The number of hydrogen-bond acceptors (Lipinski definition) is 6. The van der Waals surface area contributed by atoms with Crippen molar-refractivity contribution in [1.29, 1.82) is 0 Å². The summed E-state index contributed by atoms with van der Waals surface area (Å²) in [6, 6.07) is -0.570. The normalized spacial score (nSPS) is 14.0. The molecule has 0 bridgehead atoms. The molecule has 0 aliphatic carbocycles. The number of carbonyl (C=O) groups is 1. The molecule has 0 fully saturated rings. The minimum absolute atomic E-state index is 0.0435. The van der Waals surface area contributed by atoms with Gasteiger partial charge < -0.3 is 26.7 Å². The van der Waals surface area contributed by atoms with E-state index in [9.17, 15) is 4.79 Å². The van der Waals surface area contributed by atoms with E-state index in [1.54, 1.807) is 0 Å². The Morgan fingerprint density at radius 3 is 2.14 bits per heavy atom. The molecule has 0 spiro atoms. The van der Waals surface area contributed by atoms with Crippen LogP contribution in [-0.4, -0.2) is 44.9 Å². The first-order valence-electron chi connectivity index (χ1n) is 8.04. The molecular weight excluding hydrogens is 282 g/mol. The number of unbranched alkanes of at least 4 members (excludes halogenated alkanes) is 1. The van der Waals surface area contributed by atoms with Crippen LogP contribution in [0.25, 0.3) is 0 Å². The van der Waals surface area contributed by atoms with Gasteiger partial charge in [0.05, 0.1) is 19.8 Å². The molecule has 132 valence electrons. The fourth-order valence-corrected chi connectivity index (χ4v) is 1.70. The Morgan fingerprint density at radius 2 is 1.59 bits per heavy atom. The van der Waals surface area contributed by atoms with E-state index in [1.165, 1.54) is 0 Å². The number of ether oxygens (including phenoxy) is 2. The second-order valence-electron chi connectivity index (χ2n) is 7.52. The number of rotatable bonds is 12. The largest absolute Gasteiger partial charge is 0.464 e. The van der Waals surface area contributed by atoms with Crippen molar-refractivity contribution in [3.05, 3.63) is 0 Å². The average Bonchev–Trinajstić information content (AvgIpc) is 2.44. The van der Waals surface area contributed by atoms with E-state index < -0.39 is 6.04 Å². The maximum absolute atomic E-state index is 11.8. The highest BCUT2D eigenvalue weighted by molar-refractivity contribution is 5.75. The molecule has 0 radical (unpaired) electrons. The maximum Gasteiger partial charge on any atom is 0.322 e. The van der Waals surface area contributed by atoms with Gasteiger partial charge in [-0.1, -0.05) is 34.1 Å². The van der Waals surface area contributed by atoms with E-state index in [-0.39, 0.29) is 16.8 Å². The molecule has 0 aliphatic rings. The number of esters is 1. The second-order valence-corrected chi connectivity index (χ2v) is 7.52. The minimum atomic E-state index is -0.570. The van der Waals surface area contributed by atoms with Gasteiger partial charge in [-0.15, -0.1) is 0 Å². The topological polar surface area (TPSA) is 114 Å². The lowest BCUT2D eigenvalue weighted by molar-refractivity contribution is -0.150. The van der Waals surface area contributed by atoms with Crippen molar-refractivity contribution in [3.63, 3.8) is 0 Å². The van der Waals surface area contributed by atoms with Gasteiger partial charge in [0, 0.05) is 10.8 Å². The highest BCUT2D eigenvalue weighted by atomic mass is 16.5. The molecule has 1 atom stereocenters. The summed E-state index contributed by atoms with van der Waals surface area (Å²) >= 11 is 0. The Hall–Kier alpha value is -0.690. The van der Waals surface area contributed by atoms with Crippen molar-refractivity contribution < 1.29 is 14.3 Å². The van der Waals surface area contributed by atoms with Gasteiger partial charge in [-0.2, -0.15) is 0 Å². The molecule has 0 heterocycles. The van der Waals surface area contributed by atoms with Gasteiger partial charge in [0.1, 0.15) is 6.04 Å². The van der Waals surface area contributed by atoms with Gasteiger partial charge in [0.15, 0.2) is 0 Å². The monoisotopic (exact) mass is 317 g/mol. The van der Waals surface area contributed by atoms with Crippen molar-refractivity contribution in [3.8, 4) is 0 Å². The fraction of sp³-hybridized carbons (Fsp3) is 0.938. The molecule has 0 saturated carbocycles. The lowest BCUT2D eigenvalue weighted by Crippen LogP contribution is -2.37. The van der Waals surface area contributed by atoms with Crippen LogP contribution in [-0.2, 0) is 14.3 Å². The third kappa shape index (κ3) is 10.1. The summed E-state index contributed by atoms with van der Waals surface area (Å²) in [6.07, 6.45) is 2.32. The zero-order valence-electron chi connectivity index (χ0n) is 14.7. The lowest BCUT2D eigenvalue weighted by atomic mass is 9.94. The first kappa shape index (κ1) is 21.3. The van der Waals surface area contributed by atoms with E-state index in [4.69, 9.17) is 26.7 Å². The third-order valence-electron chi connectivity index (χ3n) is 3.42. The maximum atomic E-state index is 11.8. The molecule has 6 N–H and O–H groups in total. The van der Waals surface area contributed by atoms with E-state index in [0.717, 1.165) is 12.8 Å².